The Morgan fingerprint density at radius 1 is 1.30 bits per heavy atom. The number of carbonyl (C=O) groups excluding carboxylic acids is 2. The fraction of sp³-hybridized carbons (Fsp3) is 0.529. The molecule has 1 atom stereocenters. The Hall–Kier alpha value is -2.11. The molecule has 1 saturated heterocycles. The summed E-state index contributed by atoms with van der Waals surface area (Å²) in [5, 5.41) is 2.88. The Labute approximate surface area is 134 Å². The Balaban J connectivity index is 1.52. The molecule has 2 fully saturated rings. The first kappa shape index (κ1) is 15.8. The third kappa shape index (κ3) is 3.81. The van der Waals surface area contributed by atoms with Crippen molar-refractivity contribution in [1.29, 1.82) is 0 Å². The van der Waals surface area contributed by atoms with Crippen LogP contribution in [0.5, 0.6) is 0 Å². The van der Waals surface area contributed by atoms with Gasteiger partial charge in [0.05, 0.1) is 18.8 Å². The zero-order chi connectivity index (χ0) is 16.2. The van der Waals surface area contributed by atoms with Gasteiger partial charge < -0.3 is 10.1 Å². The van der Waals surface area contributed by atoms with Crippen molar-refractivity contribution < 1.29 is 18.7 Å². The number of cyclic esters (lactones) is 1. The monoisotopic (exact) mass is 320 g/mol. The van der Waals surface area contributed by atoms with Crippen molar-refractivity contribution in [3.8, 4) is 0 Å². The number of amides is 2. The van der Waals surface area contributed by atoms with Gasteiger partial charge in [0, 0.05) is 5.92 Å². The van der Waals surface area contributed by atoms with Crippen LogP contribution in [0.2, 0.25) is 0 Å². The highest BCUT2D eigenvalue weighted by Crippen LogP contribution is 2.24. The predicted molar refractivity (Wildman–Crippen MR) is 83.6 cm³/mol. The number of rotatable bonds is 4. The van der Waals surface area contributed by atoms with E-state index in [0.29, 0.717) is 18.8 Å². The van der Waals surface area contributed by atoms with Crippen LogP contribution in [0.25, 0.3) is 0 Å². The normalized spacial score (nSPS) is 22.0. The summed E-state index contributed by atoms with van der Waals surface area (Å²) in [5.41, 5.74) is 0.469. The van der Waals surface area contributed by atoms with Crippen molar-refractivity contribution in [2.75, 3.05) is 18.0 Å². The van der Waals surface area contributed by atoms with Crippen LogP contribution in [-0.2, 0) is 9.53 Å². The molecule has 1 aliphatic heterocycles. The van der Waals surface area contributed by atoms with Crippen molar-refractivity contribution in [3.63, 3.8) is 0 Å². The Bertz CT molecular complexity index is 587. The molecular formula is C17H21FN2O3. The van der Waals surface area contributed by atoms with Crippen LogP contribution in [0.15, 0.2) is 24.3 Å². The van der Waals surface area contributed by atoms with Crippen molar-refractivity contribution >= 4 is 17.7 Å². The molecule has 2 amide bonds. The first-order chi connectivity index (χ1) is 11.1. The molecule has 6 heteroatoms. The lowest BCUT2D eigenvalue weighted by molar-refractivity contribution is -0.126. The summed E-state index contributed by atoms with van der Waals surface area (Å²) in [6.07, 6.45) is 4.36. The summed E-state index contributed by atoms with van der Waals surface area (Å²) in [6, 6.07) is 5.83. The Morgan fingerprint density at radius 3 is 2.83 bits per heavy atom. The topological polar surface area (TPSA) is 58.6 Å². The molecule has 0 radical (unpaired) electrons. The summed E-state index contributed by atoms with van der Waals surface area (Å²) in [7, 11) is 0. The smallest absolute Gasteiger partial charge is 0.414 e. The molecule has 2 aliphatic rings. The fourth-order valence-electron chi connectivity index (χ4n) is 3.21. The zero-order valence-corrected chi connectivity index (χ0v) is 13.0. The molecule has 0 spiro atoms. The predicted octanol–water partition coefficient (Wildman–Crippen LogP) is 2.85. The van der Waals surface area contributed by atoms with Gasteiger partial charge >= 0.3 is 6.09 Å². The van der Waals surface area contributed by atoms with Gasteiger partial charge in [0.15, 0.2) is 0 Å². The van der Waals surface area contributed by atoms with Gasteiger partial charge in [-0.05, 0) is 31.0 Å². The number of halogens is 1. The van der Waals surface area contributed by atoms with Crippen LogP contribution >= 0.6 is 0 Å². The molecule has 0 aromatic heterocycles. The third-order valence-corrected chi connectivity index (χ3v) is 4.47. The lowest BCUT2D eigenvalue weighted by Gasteiger charge is -2.21. The molecule has 1 aromatic carbocycles. The summed E-state index contributed by atoms with van der Waals surface area (Å²) in [6.45, 7) is 0.611. The second-order valence-corrected chi connectivity index (χ2v) is 6.18. The van der Waals surface area contributed by atoms with E-state index in [9.17, 15) is 14.0 Å². The van der Waals surface area contributed by atoms with Gasteiger partial charge in [0.25, 0.3) is 0 Å². The van der Waals surface area contributed by atoms with Gasteiger partial charge in [-0.3, -0.25) is 9.69 Å². The van der Waals surface area contributed by atoms with Crippen molar-refractivity contribution in [2.24, 2.45) is 5.92 Å². The number of hydrogen-bond donors (Lipinski definition) is 1. The van der Waals surface area contributed by atoms with Gasteiger partial charge in [0.1, 0.15) is 11.9 Å². The summed E-state index contributed by atoms with van der Waals surface area (Å²) >= 11 is 0. The van der Waals surface area contributed by atoms with Crippen molar-refractivity contribution in [2.45, 2.75) is 38.2 Å². The van der Waals surface area contributed by atoms with E-state index in [1.165, 1.54) is 23.5 Å². The average molecular weight is 320 g/mol. The Morgan fingerprint density at radius 2 is 2.09 bits per heavy atom. The number of ether oxygens (including phenoxy) is 1. The van der Waals surface area contributed by atoms with E-state index in [1.54, 1.807) is 12.1 Å². The minimum absolute atomic E-state index is 0.0463. The summed E-state index contributed by atoms with van der Waals surface area (Å²) in [5.74, 6) is -0.269. The number of benzene rings is 1. The largest absolute Gasteiger partial charge is 0.442 e. The van der Waals surface area contributed by atoms with E-state index >= 15 is 0 Å². The highest BCUT2D eigenvalue weighted by molar-refractivity contribution is 5.89. The van der Waals surface area contributed by atoms with Gasteiger partial charge in [0.2, 0.25) is 5.91 Å². The molecule has 1 heterocycles. The average Bonchev–Trinajstić information content (AvgIpc) is 2.94. The maximum atomic E-state index is 13.3. The SMILES string of the molecule is O=C(NCC1CN(c2cccc(F)c2)C(=O)O1)C1CCCCC1. The van der Waals surface area contributed by atoms with E-state index in [1.807, 2.05) is 0 Å². The van der Waals surface area contributed by atoms with E-state index in [2.05, 4.69) is 5.32 Å². The second-order valence-electron chi connectivity index (χ2n) is 6.18. The van der Waals surface area contributed by atoms with Gasteiger partial charge in [-0.1, -0.05) is 25.3 Å². The standard InChI is InChI=1S/C17H21FN2O3/c18-13-7-4-8-14(9-13)20-11-15(23-17(20)22)10-19-16(21)12-5-2-1-3-6-12/h4,7-9,12,15H,1-3,5-6,10-11H2,(H,19,21). The van der Waals surface area contributed by atoms with Crippen LogP contribution in [0.3, 0.4) is 0 Å². The summed E-state index contributed by atoms with van der Waals surface area (Å²) in [4.78, 5) is 25.4. The zero-order valence-electron chi connectivity index (χ0n) is 13.0. The van der Waals surface area contributed by atoms with Crippen LogP contribution in [0.1, 0.15) is 32.1 Å². The molecule has 3 rings (SSSR count). The molecule has 1 aromatic rings. The summed E-state index contributed by atoms with van der Waals surface area (Å²) < 4.78 is 18.5. The van der Waals surface area contributed by atoms with E-state index < -0.39 is 18.0 Å². The number of nitrogens with one attached hydrogen (secondary N) is 1. The molecule has 1 saturated carbocycles. The third-order valence-electron chi connectivity index (χ3n) is 4.47. The van der Waals surface area contributed by atoms with Crippen LogP contribution in [-0.4, -0.2) is 31.2 Å². The maximum absolute atomic E-state index is 13.3. The molecule has 5 nitrogen and oxygen atoms in total. The highest BCUT2D eigenvalue weighted by Gasteiger charge is 2.33. The fourth-order valence-corrected chi connectivity index (χ4v) is 3.21. The van der Waals surface area contributed by atoms with Crippen LogP contribution in [0, 0.1) is 11.7 Å². The van der Waals surface area contributed by atoms with E-state index in [4.69, 9.17) is 4.74 Å². The minimum atomic E-state index is -0.507. The van der Waals surface area contributed by atoms with Gasteiger partial charge in [-0.15, -0.1) is 0 Å². The first-order valence-corrected chi connectivity index (χ1v) is 8.15. The molecule has 1 unspecified atom stereocenters. The van der Waals surface area contributed by atoms with Crippen LogP contribution in [0.4, 0.5) is 14.9 Å². The van der Waals surface area contributed by atoms with Crippen LogP contribution < -0.4 is 10.2 Å². The maximum Gasteiger partial charge on any atom is 0.414 e. The second kappa shape index (κ2) is 6.98. The molecule has 124 valence electrons. The minimum Gasteiger partial charge on any atom is -0.442 e. The lowest BCUT2D eigenvalue weighted by atomic mass is 9.88. The molecule has 23 heavy (non-hydrogen) atoms. The number of hydrogen-bond acceptors (Lipinski definition) is 3. The molecule has 0 bridgehead atoms. The molecule has 1 aliphatic carbocycles. The van der Waals surface area contributed by atoms with Gasteiger partial charge in [-0.2, -0.15) is 0 Å². The highest BCUT2D eigenvalue weighted by atomic mass is 19.1. The molecular weight excluding hydrogens is 299 g/mol. The quantitative estimate of drug-likeness (QED) is 0.928. The number of anilines is 1. The van der Waals surface area contributed by atoms with Crippen molar-refractivity contribution in [1.82, 2.24) is 5.32 Å². The lowest BCUT2D eigenvalue weighted by Crippen LogP contribution is -2.38. The molecule has 1 N–H and O–H groups in total. The van der Waals surface area contributed by atoms with Crippen molar-refractivity contribution in [3.05, 3.63) is 30.1 Å². The Kier molecular flexibility index (Phi) is 4.79. The number of carbonyl (C=O) groups is 2. The first-order valence-electron chi connectivity index (χ1n) is 8.15. The number of nitrogens with zero attached hydrogens (tertiary/aromatic N) is 1. The van der Waals surface area contributed by atoms with E-state index in [0.717, 1.165) is 25.7 Å². The van der Waals surface area contributed by atoms with Gasteiger partial charge in [-0.25, -0.2) is 9.18 Å². The van der Waals surface area contributed by atoms with E-state index in [-0.39, 0.29) is 11.8 Å².